The maximum atomic E-state index is 12.3. The molecule has 4 N–H and O–H groups in total. The first-order valence-electron chi connectivity index (χ1n) is 6.37. The molecule has 1 aliphatic rings. The summed E-state index contributed by atoms with van der Waals surface area (Å²) in [6.45, 7) is 1.92. The Hall–Kier alpha value is -2.04. The number of nitrogens with two attached hydrogens (primary N) is 1. The van der Waals surface area contributed by atoms with Gasteiger partial charge < -0.3 is 16.2 Å². The minimum atomic E-state index is -1.10. The summed E-state index contributed by atoms with van der Waals surface area (Å²) < 4.78 is 0. The van der Waals surface area contributed by atoms with Crippen LogP contribution in [0.2, 0.25) is 0 Å². The molecular formula is C14H18N2O3. The third-order valence-corrected chi connectivity index (χ3v) is 3.78. The first-order valence-corrected chi connectivity index (χ1v) is 6.37. The topological polar surface area (TPSA) is 92.4 Å². The van der Waals surface area contributed by atoms with Gasteiger partial charge in [-0.05, 0) is 31.0 Å². The zero-order valence-corrected chi connectivity index (χ0v) is 10.9. The quantitative estimate of drug-likeness (QED) is 0.730. The largest absolute Gasteiger partial charge is 0.478 e. The third kappa shape index (κ3) is 2.70. The van der Waals surface area contributed by atoms with Gasteiger partial charge in [-0.3, -0.25) is 4.79 Å². The Kier molecular flexibility index (Phi) is 3.46. The number of carbonyl (C=O) groups excluding carboxylic acids is 1. The van der Waals surface area contributed by atoms with Crippen molar-refractivity contribution in [2.24, 2.45) is 5.41 Å². The molecule has 1 fully saturated rings. The van der Waals surface area contributed by atoms with Gasteiger partial charge in [0, 0.05) is 11.1 Å². The number of anilines is 2. The number of hydrogen-bond donors (Lipinski definition) is 3. The van der Waals surface area contributed by atoms with E-state index in [1.165, 1.54) is 12.1 Å². The van der Waals surface area contributed by atoms with Crippen molar-refractivity contribution in [1.82, 2.24) is 0 Å². The summed E-state index contributed by atoms with van der Waals surface area (Å²) in [6, 6.07) is 4.48. The molecule has 5 nitrogen and oxygen atoms in total. The lowest BCUT2D eigenvalue weighted by Crippen LogP contribution is -2.31. The van der Waals surface area contributed by atoms with Gasteiger partial charge in [-0.15, -0.1) is 0 Å². The number of rotatable bonds is 3. The van der Waals surface area contributed by atoms with Gasteiger partial charge in [0.2, 0.25) is 5.91 Å². The molecule has 0 aliphatic heterocycles. The predicted molar refractivity (Wildman–Crippen MR) is 73.0 cm³/mol. The summed E-state index contributed by atoms with van der Waals surface area (Å²) >= 11 is 0. The van der Waals surface area contributed by atoms with Crippen molar-refractivity contribution < 1.29 is 14.7 Å². The van der Waals surface area contributed by atoms with Gasteiger partial charge in [0.25, 0.3) is 0 Å². The number of nitrogens with one attached hydrogen (secondary N) is 1. The lowest BCUT2D eigenvalue weighted by Gasteiger charge is -2.22. The van der Waals surface area contributed by atoms with Crippen LogP contribution in [0.25, 0.3) is 0 Å². The van der Waals surface area contributed by atoms with E-state index in [4.69, 9.17) is 10.8 Å². The Labute approximate surface area is 111 Å². The number of amides is 1. The molecule has 102 valence electrons. The first-order chi connectivity index (χ1) is 8.92. The van der Waals surface area contributed by atoms with Crippen LogP contribution in [0.3, 0.4) is 0 Å². The second-order valence-corrected chi connectivity index (χ2v) is 5.33. The molecule has 2 rings (SSSR count). The normalized spacial score (nSPS) is 17.1. The van der Waals surface area contributed by atoms with Crippen LogP contribution in [-0.2, 0) is 4.79 Å². The van der Waals surface area contributed by atoms with Crippen molar-refractivity contribution in [2.75, 3.05) is 11.1 Å². The summed E-state index contributed by atoms with van der Waals surface area (Å²) in [4.78, 5) is 23.4. The van der Waals surface area contributed by atoms with Gasteiger partial charge in [-0.2, -0.15) is 0 Å². The molecule has 1 amide bonds. The summed E-state index contributed by atoms with van der Waals surface area (Å²) in [7, 11) is 0. The molecule has 0 aromatic heterocycles. The summed E-state index contributed by atoms with van der Waals surface area (Å²) in [5.74, 6) is -1.21. The van der Waals surface area contributed by atoms with E-state index in [-0.39, 0.29) is 11.5 Å². The van der Waals surface area contributed by atoms with Crippen molar-refractivity contribution in [2.45, 2.75) is 32.6 Å². The predicted octanol–water partition coefficient (Wildman–Crippen LogP) is 2.49. The number of benzene rings is 1. The molecule has 0 bridgehead atoms. The Morgan fingerprint density at radius 1 is 1.32 bits per heavy atom. The smallest absolute Gasteiger partial charge is 0.337 e. The Balaban J connectivity index is 2.23. The molecule has 0 spiro atoms. The zero-order chi connectivity index (χ0) is 14.0. The molecule has 1 aromatic rings. The van der Waals surface area contributed by atoms with Crippen molar-refractivity contribution >= 4 is 23.3 Å². The number of hydrogen-bond acceptors (Lipinski definition) is 3. The van der Waals surface area contributed by atoms with Crippen LogP contribution in [0.5, 0.6) is 0 Å². The van der Waals surface area contributed by atoms with E-state index in [0.717, 1.165) is 25.7 Å². The fraction of sp³-hybridized carbons (Fsp3) is 0.429. The van der Waals surface area contributed by atoms with Crippen molar-refractivity contribution in [3.8, 4) is 0 Å². The molecule has 5 heteroatoms. The fourth-order valence-corrected chi connectivity index (χ4v) is 2.50. The van der Waals surface area contributed by atoms with E-state index < -0.39 is 11.4 Å². The first kappa shape index (κ1) is 13.4. The molecule has 1 aromatic carbocycles. The number of nitrogen functional groups attached to an aromatic ring is 1. The van der Waals surface area contributed by atoms with E-state index in [0.29, 0.717) is 11.4 Å². The second kappa shape index (κ2) is 4.91. The third-order valence-electron chi connectivity index (χ3n) is 3.78. The minimum absolute atomic E-state index is 0.0231. The molecule has 1 aliphatic carbocycles. The fourth-order valence-electron chi connectivity index (χ4n) is 2.50. The minimum Gasteiger partial charge on any atom is -0.478 e. The van der Waals surface area contributed by atoms with E-state index in [2.05, 4.69) is 5.32 Å². The van der Waals surface area contributed by atoms with Gasteiger partial charge >= 0.3 is 5.97 Å². The Morgan fingerprint density at radius 2 is 1.95 bits per heavy atom. The summed E-state index contributed by atoms with van der Waals surface area (Å²) in [5.41, 5.74) is 5.87. The van der Waals surface area contributed by atoms with Crippen LogP contribution >= 0.6 is 0 Å². The highest BCUT2D eigenvalue weighted by molar-refractivity contribution is 6.02. The molecule has 0 saturated heterocycles. The highest BCUT2D eigenvalue weighted by Crippen LogP contribution is 2.38. The zero-order valence-electron chi connectivity index (χ0n) is 10.9. The summed E-state index contributed by atoms with van der Waals surface area (Å²) in [6.07, 6.45) is 3.77. The molecular weight excluding hydrogens is 244 g/mol. The maximum absolute atomic E-state index is 12.3. The van der Waals surface area contributed by atoms with Crippen molar-refractivity contribution in [3.05, 3.63) is 23.8 Å². The highest BCUT2D eigenvalue weighted by atomic mass is 16.4. The van der Waals surface area contributed by atoms with Gasteiger partial charge in [0.15, 0.2) is 0 Å². The van der Waals surface area contributed by atoms with Crippen LogP contribution < -0.4 is 11.1 Å². The number of carboxylic acids is 1. The Bertz CT molecular complexity index is 519. The lowest BCUT2D eigenvalue weighted by atomic mass is 9.87. The van der Waals surface area contributed by atoms with Crippen LogP contribution in [0, 0.1) is 5.41 Å². The number of aromatic carboxylic acids is 1. The average molecular weight is 262 g/mol. The van der Waals surface area contributed by atoms with Crippen LogP contribution in [0.4, 0.5) is 11.4 Å². The van der Waals surface area contributed by atoms with Gasteiger partial charge in [-0.25, -0.2) is 4.79 Å². The standard InChI is InChI=1S/C14H18N2O3/c1-14(6-2-3-7-14)13(19)16-11-5-4-9(15)8-10(11)12(17)18/h4-5,8H,2-3,6-7,15H2,1H3,(H,16,19)(H,17,18). The number of carboxylic acid groups (broad SMARTS) is 1. The average Bonchev–Trinajstić information content (AvgIpc) is 2.79. The van der Waals surface area contributed by atoms with E-state index >= 15 is 0 Å². The van der Waals surface area contributed by atoms with E-state index in [1.807, 2.05) is 6.92 Å². The monoisotopic (exact) mass is 262 g/mol. The van der Waals surface area contributed by atoms with Gasteiger partial charge in [0.1, 0.15) is 0 Å². The highest BCUT2D eigenvalue weighted by Gasteiger charge is 2.36. The summed E-state index contributed by atoms with van der Waals surface area (Å²) in [5, 5.41) is 11.9. The molecule has 0 atom stereocenters. The second-order valence-electron chi connectivity index (χ2n) is 5.33. The lowest BCUT2D eigenvalue weighted by molar-refractivity contribution is -0.124. The van der Waals surface area contributed by atoms with Crippen molar-refractivity contribution in [1.29, 1.82) is 0 Å². The van der Waals surface area contributed by atoms with Crippen molar-refractivity contribution in [3.63, 3.8) is 0 Å². The van der Waals surface area contributed by atoms with Gasteiger partial charge in [0.05, 0.1) is 11.3 Å². The molecule has 1 saturated carbocycles. The molecule has 0 unspecified atom stereocenters. The Morgan fingerprint density at radius 3 is 2.53 bits per heavy atom. The van der Waals surface area contributed by atoms with E-state index in [9.17, 15) is 9.59 Å². The number of carbonyl (C=O) groups is 2. The molecule has 0 heterocycles. The van der Waals surface area contributed by atoms with Crippen LogP contribution in [0.1, 0.15) is 43.0 Å². The maximum Gasteiger partial charge on any atom is 0.337 e. The van der Waals surface area contributed by atoms with Gasteiger partial charge in [-0.1, -0.05) is 19.8 Å². The molecule has 19 heavy (non-hydrogen) atoms. The van der Waals surface area contributed by atoms with Crippen LogP contribution in [-0.4, -0.2) is 17.0 Å². The van der Waals surface area contributed by atoms with Crippen LogP contribution in [0.15, 0.2) is 18.2 Å². The van der Waals surface area contributed by atoms with E-state index in [1.54, 1.807) is 6.07 Å². The molecule has 0 radical (unpaired) electrons. The SMILES string of the molecule is CC1(C(=O)Nc2ccc(N)cc2C(=O)O)CCCC1.